The Labute approximate surface area is 103 Å². The second-order valence-corrected chi connectivity index (χ2v) is 5.33. The first kappa shape index (κ1) is 12.8. The van der Waals surface area contributed by atoms with E-state index in [2.05, 4.69) is 6.92 Å². The molecule has 0 bridgehead atoms. The molecule has 17 heavy (non-hydrogen) atoms. The van der Waals surface area contributed by atoms with E-state index in [1.807, 2.05) is 4.90 Å². The Morgan fingerprint density at radius 1 is 1.35 bits per heavy atom. The van der Waals surface area contributed by atoms with Crippen LogP contribution in [0.25, 0.3) is 0 Å². The number of piperidine rings is 1. The minimum atomic E-state index is 0.0679. The molecule has 2 saturated heterocycles. The van der Waals surface area contributed by atoms with Crippen LogP contribution in [0.2, 0.25) is 0 Å². The molecule has 0 spiro atoms. The van der Waals surface area contributed by atoms with Gasteiger partial charge in [0.05, 0.1) is 12.5 Å². The SMILES string of the molecule is CC1CCCC(CN)N1C(=O)C1CCCOC1. The summed E-state index contributed by atoms with van der Waals surface area (Å²) in [6.45, 7) is 4.13. The third kappa shape index (κ3) is 2.80. The minimum absolute atomic E-state index is 0.0679. The fourth-order valence-corrected chi connectivity index (χ4v) is 3.06. The molecule has 0 radical (unpaired) electrons. The molecule has 1 amide bonds. The van der Waals surface area contributed by atoms with Crippen molar-refractivity contribution < 1.29 is 9.53 Å². The summed E-state index contributed by atoms with van der Waals surface area (Å²) < 4.78 is 5.42. The molecule has 98 valence electrons. The first-order valence-corrected chi connectivity index (χ1v) is 6.84. The van der Waals surface area contributed by atoms with Crippen LogP contribution in [0.3, 0.4) is 0 Å². The molecule has 4 heteroatoms. The van der Waals surface area contributed by atoms with E-state index >= 15 is 0 Å². The van der Waals surface area contributed by atoms with Crippen LogP contribution >= 0.6 is 0 Å². The van der Waals surface area contributed by atoms with Gasteiger partial charge in [0, 0.05) is 25.2 Å². The lowest BCUT2D eigenvalue weighted by Crippen LogP contribution is -2.54. The summed E-state index contributed by atoms with van der Waals surface area (Å²) in [5.41, 5.74) is 5.80. The fourth-order valence-electron chi connectivity index (χ4n) is 3.06. The number of rotatable bonds is 2. The van der Waals surface area contributed by atoms with Crippen LogP contribution in [0.4, 0.5) is 0 Å². The second kappa shape index (κ2) is 5.83. The lowest BCUT2D eigenvalue weighted by Gasteiger charge is -2.42. The smallest absolute Gasteiger partial charge is 0.228 e. The predicted molar refractivity (Wildman–Crippen MR) is 66.5 cm³/mol. The highest BCUT2D eigenvalue weighted by atomic mass is 16.5. The first-order chi connectivity index (χ1) is 8.24. The Hall–Kier alpha value is -0.610. The van der Waals surface area contributed by atoms with Crippen LogP contribution in [0, 0.1) is 5.92 Å². The summed E-state index contributed by atoms with van der Waals surface area (Å²) in [4.78, 5) is 14.6. The molecule has 4 nitrogen and oxygen atoms in total. The van der Waals surface area contributed by atoms with Gasteiger partial charge in [0.1, 0.15) is 0 Å². The van der Waals surface area contributed by atoms with E-state index in [-0.39, 0.29) is 17.9 Å². The number of nitrogens with two attached hydrogens (primary N) is 1. The van der Waals surface area contributed by atoms with Gasteiger partial charge in [0.25, 0.3) is 0 Å². The van der Waals surface area contributed by atoms with E-state index in [9.17, 15) is 4.79 Å². The molecule has 0 saturated carbocycles. The van der Waals surface area contributed by atoms with Gasteiger partial charge in [0.2, 0.25) is 5.91 Å². The highest BCUT2D eigenvalue weighted by molar-refractivity contribution is 5.79. The highest BCUT2D eigenvalue weighted by Crippen LogP contribution is 2.26. The Kier molecular flexibility index (Phi) is 4.40. The summed E-state index contributed by atoms with van der Waals surface area (Å²) >= 11 is 0. The van der Waals surface area contributed by atoms with Gasteiger partial charge >= 0.3 is 0 Å². The van der Waals surface area contributed by atoms with Crippen molar-refractivity contribution in [1.29, 1.82) is 0 Å². The molecule has 2 N–H and O–H groups in total. The van der Waals surface area contributed by atoms with Crippen molar-refractivity contribution in [2.24, 2.45) is 11.7 Å². The van der Waals surface area contributed by atoms with Crippen molar-refractivity contribution in [3.63, 3.8) is 0 Å². The third-order valence-corrected chi connectivity index (χ3v) is 4.06. The van der Waals surface area contributed by atoms with E-state index in [1.54, 1.807) is 0 Å². The monoisotopic (exact) mass is 240 g/mol. The molecule has 2 aliphatic heterocycles. The normalized spacial score (nSPS) is 34.7. The van der Waals surface area contributed by atoms with E-state index in [1.165, 1.54) is 6.42 Å². The molecule has 3 unspecified atom stereocenters. The van der Waals surface area contributed by atoms with Gasteiger partial charge < -0.3 is 15.4 Å². The Balaban J connectivity index is 2.03. The lowest BCUT2D eigenvalue weighted by molar-refractivity contribution is -0.146. The summed E-state index contributed by atoms with van der Waals surface area (Å²) in [5, 5.41) is 0. The molecule has 2 aliphatic rings. The minimum Gasteiger partial charge on any atom is -0.381 e. The molecule has 2 rings (SSSR count). The fraction of sp³-hybridized carbons (Fsp3) is 0.923. The molecule has 0 aliphatic carbocycles. The maximum atomic E-state index is 12.5. The number of amides is 1. The van der Waals surface area contributed by atoms with Crippen molar-refractivity contribution in [3.05, 3.63) is 0 Å². The third-order valence-electron chi connectivity index (χ3n) is 4.06. The number of ether oxygens (including phenoxy) is 1. The molecule has 3 atom stereocenters. The maximum absolute atomic E-state index is 12.5. The van der Waals surface area contributed by atoms with Crippen LogP contribution in [0.1, 0.15) is 39.0 Å². The number of carbonyl (C=O) groups is 1. The van der Waals surface area contributed by atoms with Crippen molar-refractivity contribution >= 4 is 5.91 Å². The van der Waals surface area contributed by atoms with Crippen molar-refractivity contribution in [2.45, 2.75) is 51.1 Å². The van der Waals surface area contributed by atoms with Gasteiger partial charge in [-0.15, -0.1) is 0 Å². The van der Waals surface area contributed by atoms with Gasteiger partial charge in [-0.1, -0.05) is 0 Å². The standard InChI is InChI=1S/C13H24N2O2/c1-10-4-2-6-12(8-14)15(10)13(16)11-5-3-7-17-9-11/h10-12H,2-9,14H2,1H3. The molecule has 0 aromatic rings. The molecule has 2 heterocycles. The maximum Gasteiger partial charge on any atom is 0.228 e. The summed E-state index contributed by atoms with van der Waals surface area (Å²) in [5.74, 6) is 0.339. The number of nitrogens with zero attached hydrogens (tertiary/aromatic N) is 1. The zero-order valence-corrected chi connectivity index (χ0v) is 10.7. The molecule has 0 aromatic carbocycles. The van der Waals surface area contributed by atoms with E-state index in [0.29, 0.717) is 19.2 Å². The first-order valence-electron chi connectivity index (χ1n) is 6.84. The molecule has 2 fully saturated rings. The van der Waals surface area contributed by atoms with Crippen LogP contribution < -0.4 is 5.73 Å². The quantitative estimate of drug-likeness (QED) is 0.787. The highest BCUT2D eigenvalue weighted by Gasteiger charge is 2.35. The van der Waals surface area contributed by atoms with Crippen molar-refractivity contribution in [3.8, 4) is 0 Å². The second-order valence-electron chi connectivity index (χ2n) is 5.33. The summed E-state index contributed by atoms with van der Waals surface area (Å²) in [6.07, 6.45) is 5.33. The Morgan fingerprint density at radius 3 is 2.82 bits per heavy atom. The van der Waals surface area contributed by atoms with Gasteiger partial charge in [-0.25, -0.2) is 0 Å². The number of carbonyl (C=O) groups excluding carboxylic acids is 1. The number of hydrogen-bond donors (Lipinski definition) is 1. The van der Waals surface area contributed by atoms with Crippen LogP contribution in [-0.4, -0.2) is 42.6 Å². The van der Waals surface area contributed by atoms with Crippen molar-refractivity contribution in [2.75, 3.05) is 19.8 Å². The summed E-state index contributed by atoms with van der Waals surface area (Å²) in [7, 11) is 0. The molecular weight excluding hydrogens is 216 g/mol. The predicted octanol–water partition coefficient (Wildman–Crippen LogP) is 1.14. The summed E-state index contributed by atoms with van der Waals surface area (Å²) in [6, 6.07) is 0.583. The van der Waals surface area contributed by atoms with Gasteiger partial charge in [-0.2, -0.15) is 0 Å². The van der Waals surface area contributed by atoms with E-state index < -0.39 is 0 Å². The Morgan fingerprint density at radius 2 is 2.18 bits per heavy atom. The van der Waals surface area contributed by atoms with E-state index in [0.717, 1.165) is 32.3 Å². The van der Waals surface area contributed by atoms with E-state index in [4.69, 9.17) is 10.5 Å². The topological polar surface area (TPSA) is 55.6 Å². The number of likely N-dealkylation sites (tertiary alicyclic amines) is 1. The molecule has 0 aromatic heterocycles. The molecular formula is C13H24N2O2. The van der Waals surface area contributed by atoms with Gasteiger partial charge in [0.15, 0.2) is 0 Å². The van der Waals surface area contributed by atoms with Gasteiger partial charge in [-0.05, 0) is 39.0 Å². The van der Waals surface area contributed by atoms with Crippen LogP contribution in [-0.2, 0) is 9.53 Å². The van der Waals surface area contributed by atoms with Crippen LogP contribution in [0.5, 0.6) is 0 Å². The Bertz CT molecular complexity index is 264. The average molecular weight is 240 g/mol. The van der Waals surface area contributed by atoms with Crippen LogP contribution in [0.15, 0.2) is 0 Å². The number of hydrogen-bond acceptors (Lipinski definition) is 3. The average Bonchev–Trinajstić information content (AvgIpc) is 2.38. The van der Waals surface area contributed by atoms with Crippen molar-refractivity contribution in [1.82, 2.24) is 4.90 Å². The largest absolute Gasteiger partial charge is 0.381 e. The van der Waals surface area contributed by atoms with Gasteiger partial charge in [-0.3, -0.25) is 4.79 Å². The zero-order valence-electron chi connectivity index (χ0n) is 10.7. The lowest BCUT2D eigenvalue weighted by atomic mass is 9.92. The zero-order chi connectivity index (χ0) is 12.3.